The molecule has 0 fully saturated rings. The zero-order valence-electron chi connectivity index (χ0n) is 15.1. The molecule has 1 atom stereocenters. The van der Waals surface area contributed by atoms with Crippen molar-refractivity contribution in [1.29, 1.82) is 0 Å². The summed E-state index contributed by atoms with van der Waals surface area (Å²) in [6, 6.07) is 14.5. The van der Waals surface area contributed by atoms with Crippen molar-refractivity contribution >= 4 is 51.3 Å². The number of hydrogen-bond donors (Lipinski definition) is 1. The topological polar surface area (TPSA) is 77.0 Å². The third-order valence-electron chi connectivity index (χ3n) is 4.38. The average molecular weight is 414 g/mol. The third kappa shape index (κ3) is 3.16. The largest absolute Gasteiger partial charge is 0.468 e. The van der Waals surface area contributed by atoms with Gasteiger partial charge in [0.1, 0.15) is 16.3 Å². The maximum atomic E-state index is 13.4. The van der Waals surface area contributed by atoms with Gasteiger partial charge in [-0.05, 0) is 31.2 Å². The van der Waals surface area contributed by atoms with Gasteiger partial charge < -0.3 is 9.72 Å². The molecule has 0 bridgehead atoms. The second-order valence-electron chi connectivity index (χ2n) is 6.19. The standard InChI is InChI=1S/C20H16ClN3O3S/c1-11(19(26)27-2)28-20-23-16-14-8-3-4-9-15(14)22-17(16)18(25)24(20)13-7-5-6-12(21)10-13/h3-11,22H,1-2H3. The molecule has 6 nitrogen and oxygen atoms in total. The maximum absolute atomic E-state index is 13.4. The fourth-order valence-corrected chi connectivity index (χ4v) is 4.17. The lowest BCUT2D eigenvalue weighted by Gasteiger charge is -2.14. The lowest BCUT2D eigenvalue weighted by molar-refractivity contribution is -0.139. The van der Waals surface area contributed by atoms with Gasteiger partial charge in [-0.2, -0.15) is 0 Å². The number of aromatic amines is 1. The molecule has 2 heterocycles. The number of thioether (sulfide) groups is 1. The fraction of sp³-hybridized carbons (Fsp3) is 0.150. The monoisotopic (exact) mass is 413 g/mol. The SMILES string of the molecule is COC(=O)C(C)Sc1nc2c([nH]c3ccccc32)c(=O)n1-c1cccc(Cl)c1. The molecule has 0 aliphatic rings. The molecule has 0 aliphatic carbocycles. The van der Waals surface area contributed by atoms with Crippen LogP contribution in [0.15, 0.2) is 58.5 Å². The Morgan fingerprint density at radius 1 is 1.25 bits per heavy atom. The number of esters is 1. The number of fused-ring (bicyclic) bond motifs is 3. The van der Waals surface area contributed by atoms with E-state index in [4.69, 9.17) is 21.3 Å². The number of methoxy groups -OCH3 is 1. The number of aromatic nitrogens is 3. The number of nitrogens with one attached hydrogen (secondary N) is 1. The molecule has 1 N–H and O–H groups in total. The first-order chi connectivity index (χ1) is 13.5. The van der Waals surface area contributed by atoms with Gasteiger partial charge in [0.15, 0.2) is 5.16 Å². The number of benzene rings is 2. The minimum Gasteiger partial charge on any atom is -0.468 e. The third-order valence-corrected chi connectivity index (χ3v) is 5.64. The summed E-state index contributed by atoms with van der Waals surface area (Å²) in [6.07, 6.45) is 0. The van der Waals surface area contributed by atoms with Crippen LogP contribution in [0.3, 0.4) is 0 Å². The summed E-state index contributed by atoms with van der Waals surface area (Å²) in [6.45, 7) is 1.71. The number of rotatable bonds is 4. The van der Waals surface area contributed by atoms with E-state index in [9.17, 15) is 9.59 Å². The minimum atomic E-state index is -0.537. The first-order valence-electron chi connectivity index (χ1n) is 8.53. The van der Waals surface area contributed by atoms with Gasteiger partial charge in [-0.15, -0.1) is 0 Å². The summed E-state index contributed by atoms with van der Waals surface area (Å²) in [5.74, 6) is -0.393. The van der Waals surface area contributed by atoms with Gasteiger partial charge in [0.05, 0.1) is 12.8 Å². The van der Waals surface area contributed by atoms with E-state index in [2.05, 4.69) is 4.98 Å². The van der Waals surface area contributed by atoms with Crippen molar-refractivity contribution in [1.82, 2.24) is 14.5 Å². The molecule has 0 aliphatic heterocycles. The molecule has 4 aromatic rings. The van der Waals surface area contributed by atoms with Crippen molar-refractivity contribution in [2.45, 2.75) is 17.3 Å². The summed E-state index contributed by atoms with van der Waals surface area (Å²) in [5.41, 5.74) is 2.10. The van der Waals surface area contributed by atoms with Gasteiger partial charge in [0.2, 0.25) is 0 Å². The summed E-state index contributed by atoms with van der Waals surface area (Å²) >= 11 is 7.30. The Labute approximate surface area is 169 Å². The highest BCUT2D eigenvalue weighted by Crippen LogP contribution is 2.29. The van der Waals surface area contributed by atoms with Gasteiger partial charge in [0, 0.05) is 15.9 Å². The molecule has 4 rings (SSSR count). The van der Waals surface area contributed by atoms with E-state index in [-0.39, 0.29) is 5.56 Å². The molecule has 142 valence electrons. The van der Waals surface area contributed by atoms with Crippen LogP contribution in [0.25, 0.3) is 27.6 Å². The highest BCUT2D eigenvalue weighted by atomic mass is 35.5. The van der Waals surface area contributed by atoms with Crippen LogP contribution in [0.4, 0.5) is 0 Å². The number of H-pyrrole nitrogens is 1. The van der Waals surface area contributed by atoms with Crippen LogP contribution in [0, 0.1) is 0 Å². The van der Waals surface area contributed by atoms with E-state index in [0.717, 1.165) is 22.7 Å². The molecule has 0 amide bonds. The van der Waals surface area contributed by atoms with E-state index in [1.165, 1.54) is 11.7 Å². The number of carbonyl (C=O) groups excluding carboxylic acids is 1. The van der Waals surface area contributed by atoms with E-state index >= 15 is 0 Å². The van der Waals surface area contributed by atoms with E-state index in [1.807, 2.05) is 24.3 Å². The highest BCUT2D eigenvalue weighted by Gasteiger charge is 2.22. The quantitative estimate of drug-likeness (QED) is 0.308. The molecule has 0 spiro atoms. The normalized spacial score (nSPS) is 12.4. The predicted molar refractivity (Wildman–Crippen MR) is 112 cm³/mol. The number of para-hydroxylation sites is 1. The van der Waals surface area contributed by atoms with E-state index in [1.54, 1.807) is 31.2 Å². The van der Waals surface area contributed by atoms with Crippen molar-refractivity contribution in [3.63, 3.8) is 0 Å². The molecule has 0 saturated carbocycles. The molecule has 2 aromatic carbocycles. The van der Waals surface area contributed by atoms with Crippen molar-refractivity contribution in [3.8, 4) is 5.69 Å². The summed E-state index contributed by atoms with van der Waals surface area (Å²) in [5, 5.41) is 1.20. The van der Waals surface area contributed by atoms with Crippen LogP contribution in [-0.2, 0) is 9.53 Å². The first-order valence-corrected chi connectivity index (χ1v) is 9.79. The number of hydrogen-bond acceptors (Lipinski definition) is 5. The lowest BCUT2D eigenvalue weighted by Crippen LogP contribution is -2.24. The summed E-state index contributed by atoms with van der Waals surface area (Å²) < 4.78 is 6.29. The van der Waals surface area contributed by atoms with Gasteiger partial charge in [-0.1, -0.05) is 47.6 Å². The van der Waals surface area contributed by atoms with E-state index in [0.29, 0.717) is 26.9 Å². The van der Waals surface area contributed by atoms with Crippen LogP contribution < -0.4 is 5.56 Å². The van der Waals surface area contributed by atoms with Crippen molar-refractivity contribution in [2.24, 2.45) is 0 Å². The first kappa shape index (κ1) is 18.6. The van der Waals surface area contributed by atoms with Crippen molar-refractivity contribution in [2.75, 3.05) is 7.11 Å². The molecule has 0 saturated heterocycles. The molecule has 0 radical (unpaired) electrons. The Kier molecular flexibility index (Phi) is 4.87. The molecule has 8 heteroatoms. The van der Waals surface area contributed by atoms with Crippen LogP contribution in [0.2, 0.25) is 5.02 Å². The van der Waals surface area contributed by atoms with Crippen molar-refractivity contribution in [3.05, 3.63) is 63.9 Å². The summed E-state index contributed by atoms with van der Waals surface area (Å²) in [4.78, 5) is 33.2. The molecule has 2 aromatic heterocycles. The van der Waals surface area contributed by atoms with Gasteiger partial charge in [0.25, 0.3) is 5.56 Å². The number of carbonyl (C=O) groups is 1. The van der Waals surface area contributed by atoms with Crippen LogP contribution >= 0.6 is 23.4 Å². The van der Waals surface area contributed by atoms with Gasteiger partial charge in [-0.3, -0.25) is 14.2 Å². The maximum Gasteiger partial charge on any atom is 0.318 e. The number of nitrogens with zero attached hydrogens (tertiary/aromatic N) is 2. The molecule has 28 heavy (non-hydrogen) atoms. The average Bonchev–Trinajstić information content (AvgIpc) is 3.06. The Morgan fingerprint density at radius 3 is 2.79 bits per heavy atom. The minimum absolute atomic E-state index is 0.261. The molecule has 1 unspecified atom stereocenters. The molecular weight excluding hydrogens is 398 g/mol. The summed E-state index contributed by atoms with van der Waals surface area (Å²) in [7, 11) is 1.33. The lowest BCUT2D eigenvalue weighted by atomic mass is 10.2. The number of ether oxygens (including phenoxy) is 1. The van der Waals surface area contributed by atoms with Crippen molar-refractivity contribution < 1.29 is 9.53 Å². The molecular formula is C20H16ClN3O3S. The van der Waals surface area contributed by atoms with Gasteiger partial charge in [-0.25, -0.2) is 4.98 Å². The van der Waals surface area contributed by atoms with Crippen LogP contribution in [0.1, 0.15) is 6.92 Å². The zero-order chi connectivity index (χ0) is 19.8. The fourth-order valence-electron chi connectivity index (χ4n) is 3.04. The Morgan fingerprint density at radius 2 is 2.04 bits per heavy atom. The zero-order valence-corrected chi connectivity index (χ0v) is 16.7. The van der Waals surface area contributed by atoms with Crippen LogP contribution in [0.5, 0.6) is 0 Å². The predicted octanol–water partition coefficient (Wildman–Crippen LogP) is 4.17. The number of halogens is 1. The Hall–Kier alpha value is -2.77. The highest BCUT2D eigenvalue weighted by molar-refractivity contribution is 8.00. The van der Waals surface area contributed by atoms with E-state index < -0.39 is 11.2 Å². The smallest absolute Gasteiger partial charge is 0.318 e. The van der Waals surface area contributed by atoms with Crippen LogP contribution in [-0.4, -0.2) is 32.9 Å². The Balaban J connectivity index is 2.02. The Bertz CT molecular complexity index is 1260. The second kappa shape index (κ2) is 7.33. The van der Waals surface area contributed by atoms with Gasteiger partial charge >= 0.3 is 5.97 Å². The second-order valence-corrected chi connectivity index (χ2v) is 7.94.